The van der Waals surface area contributed by atoms with Crippen LogP contribution in [0.15, 0.2) is 22.7 Å². The normalized spacial score (nSPS) is 11.1. The Morgan fingerprint density at radius 1 is 1.30 bits per heavy atom. The lowest BCUT2D eigenvalue weighted by molar-refractivity contribution is -0.137. The number of amides is 2. The quantitative estimate of drug-likeness (QED) is 0.917. The Kier molecular flexibility index (Phi) is 5.34. The standard InChI is InChI=1S/C15H21BrN2O2/c1-10-8-12(16)6-7-13(10)17-14(20)9-18(11(2)19)15(3,4)5/h6-8H,9H2,1-5H3,(H,17,20). The lowest BCUT2D eigenvalue weighted by Crippen LogP contribution is -2.48. The molecule has 0 bridgehead atoms. The first-order valence-electron chi connectivity index (χ1n) is 6.45. The van der Waals surface area contributed by atoms with Crippen molar-refractivity contribution in [1.82, 2.24) is 4.90 Å². The van der Waals surface area contributed by atoms with Gasteiger partial charge in [0.25, 0.3) is 0 Å². The summed E-state index contributed by atoms with van der Waals surface area (Å²) in [5.41, 5.74) is 1.35. The van der Waals surface area contributed by atoms with Gasteiger partial charge in [-0.2, -0.15) is 0 Å². The highest BCUT2D eigenvalue weighted by molar-refractivity contribution is 9.10. The van der Waals surface area contributed by atoms with Crippen molar-refractivity contribution in [2.45, 2.75) is 40.2 Å². The number of hydrogen-bond donors (Lipinski definition) is 1. The molecule has 4 nitrogen and oxygen atoms in total. The van der Waals surface area contributed by atoms with Gasteiger partial charge in [0.1, 0.15) is 6.54 Å². The molecule has 0 heterocycles. The predicted octanol–water partition coefficient (Wildman–Crippen LogP) is 3.34. The Bertz CT molecular complexity index is 521. The first-order valence-corrected chi connectivity index (χ1v) is 7.25. The van der Waals surface area contributed by atoms with E-state index < -0.39 is 0 Å². The molecule has 2 amide bonds. The predicted molar refractivity (Wildman–Crippen MR) is 84.6 cm³/mol. The highest BCUT2D eigenvalue weighted by Gasteiger charge is 2.25. The van der Waals surface area contributed by atoms with Gasteiger partial charge in [-0.25, -0.2) is 0 Å². The van der Waals surface area contributed by atoms with Crippen molar-refractivity contribution in [1.29, 1.82) is 0 Å². The van der Waals surface area contributed by atoms with E-state index in [0.29, 0.717) is 0 Å². The molecule has 0 aliphatic rings. The highest BCUT2D eigenvalue weighted by Crippen LogP contribution is 2.20. The van der Waals surface area contributed by atoms with Crippen LogP contribution in [0.2, 0.25) is 0 Å². The maximum Gasteiger partial charge on any atom is 0.244 e. The van der Waals surface area contributed by atoms with Crippen LogP contribution in [-0.4, -0.2) is 28.8 Å². The number of aryl methyl sites for hydroxylation is 1. The van der Waals surface area contributed by atoms with E-state index >= 15 is 0 Å². The molecule has 1 aromatic rings. The van der Waals surface area contributed by atoms with Crippen LogP contribution in [0.25, 0.3) is 0 Å². The molecule has 0 saturated carbocycles. The minimum Gasteiger partial charge on any atom is -0.329 e. The number of carbonyl (C=O) groups is 2. The van der Waals surface area contributed by atoms with Gasteiger partial charge in [0.05, 0.1) is 0 Å². The van der Waals surface area contributed by atoms with E-state index in [1.54, 1.807) is 4.90 Å². The Morgan fingerprint density at radius 2 is 1.90 bits per heavy atom. The second-order valence-electron chi connectivity index (χ2n) is 5.78. The fourth-order valence-electron chi connectivity index (χ4n) is 1.92. The Morgan fingerprint density at radius 3 is 2.35 bits per heavy atom. The van der Waals surface area contributed by atoms with Gasteiger partial charge in [-0.05, 0) is 51.5 Å². The minimum absolute atomic E-state index is 0.0499. The first-order chi connectivity index (χ1) is 9.11. The van der Waals surface area contributed by atoms with Gasteiger partial charge >= 0.3 is 0 Å². The van der Waals surface area contributed by atoms with Crippen LogP contribution in [0.1, 0.15) is 33.3 Å². The molecule has 1 rings (SSSR count). The highest BCUT2D eigenvalue weighted by atomic mass is 79.9. The Balaban J connectivity index is 2.79. The van der Waals surface area contributed by atoms with Crippen LogP contribution >= 0.6 is 15.9 Å². The monoisotopic (exact) mass is 340 g/mol. The smallest absolute Gasteiger partial charge is 0.244 e. The molecule has 0 atom stereocenters. The molecule has 0 saturated heterocycles. The van der Waals surface area contributed by atoms with E-state index in [1.807, 2.05) is 45.9 Å². The molecule has 0 aliphatic heterocycles. The molecule has 0 fully saturated rings. The van der Waals surface area contributed by atoms with Crippen LogP contribution < -0.4 is 5.32 Å². The van der Waals surface area contributed by atoms with E-state index in [9.17, 15) is 9.59 Å². The zero-order valence-corrected chi connectivity index (χ0v) is 14.2. The number of hydrogen-bond acceptors (Lipinski definition) is 2. The molecule has 1 N–H and O–H groups in total. The van der Waals surface area contributed by atoms with Gasteiger partial charge in [0, 0.05) is 22.6 Å². The zero-order valence-electron chi connectivity index (χ0n) is 12.6. The molecule has 0 spiro atoms. The molecule has 1 aromatic carbocycles. The Labute approximate surface area is 128 Å². The maximum absolute atomic E-state index is 12.1. The Hall–Kier alpha value is -1.36. The van der Waals surface area contributed by atoms with Crippen molar-refractivity contribution in [3.63, 3.8) is 0 Å². The number of nitrogens with zero attached hydrogens (tertiary/aromatic N) is 1. The number of rotatable bonds is 3. The van der Waals surface area contributed by atoms with E-state index in [4.69, 9.17) is 0 Å². The van der Waals surface area contributed by atoms with Crippen LogP contribution in [0, 0.1) is 6.92 Å². The van der Waals surface area contributed by atoms with Crippen LogP contribution in [0.5, 0.6) is 0 Å². The maximum atomic E-state index is 12.1. The number of anilines is 1. The lowest BCUT2D eigenvalue weighted by atomic mass is 10.1. The molecule has 5 heteroatoms. The number of carbonyl (C=O) groups excluding carboxylic acids is 2. The second-order valence-corrected chi connectivity index (χ2v) is 6.70. The molecule has 0 unspecified atom stereocenters. The van der Waals surface area contributed by atoms with Crippen molar-refractivity contribution in [3.8, 4) is 0 Å². The summed E-state index contributed by atoms with van der Waals surface area (Å²) in [6.45, 7) is 9.18. The third-order valence-corrected chi connectivity index (χ3v) is 3.45. The molecular formula is C15H21BrN2O2. The van der Waals surface area contributed by atoms with Gasteiger partial charge in [-0.3, -0.25) is 9.59 Å². The van der Waals surface area contributed by atoms with Crippen molar-refractivity contribution < 1.29 is 9.59 Å². The second kappa shape index (κ2) is 6.39. The van der Waals surface area contributed by atoms with Crippen LogP contribution in [-0.2, 0) is 9.59 Å². The van der Waals surface area contributed by atoms with E-state index in [1.165, 1.54) is 6.92 Å². The van der Waals surface area contributed by atoms with Gasteiger partial charge < -0.3 is 10.2 Å². The summed E-state index contributed by atoms with van der Waals surface area (Å²) in [4.78, 5) is 25.3. The third-order valence-electron chi connectivity index (χ3n) is 2.95. The third kappa shape index (κ3) is 4.63. The molecule has 20 heavy (non-hydrogen) atoms. The van der Waals surface area contributed by atoms with Gasteiger partial charge in [-0.1, -0.05) is 15.9 Å². The largest absolute Gasteiger partial charge is 0.329 e. The van der Waals surface area contributed by atoms with Gasteiger partial charge in [0.2, 0.25) is 11.8 Å². The molecular weight excluding hydrogens is 320 g/mol. The van der Waals surface area contributed by atoms with Crippen molar-refractivity contribution in [2.75, 3.05) is 11.9 Å². The fourth-order valence-corrected chi connectivity index (χ4v) is 2.40. The number of halogens is 1. The van der Waals surface area contributed by atoms with Crippen molar-refractivity contribution in [2.24, 2.45) is 0 Å². The summed E-state index contributed by atoms with van der Waals surface area (Å²) in [5.74, 6) is -0.305. The summed E-state index contributed by atoms with van der Waals surface area (Å²) in [6, 6.07) is 5.64. The first kappa shape index (κ1) is 16.7. The topological polar surface area (TPSA) is 49.4 Å². The number of benzene rings is 1. The van der Waals surface area contributed by atoms with E-state index in [2.05, 4.69) is 21.2 Å². The fraction of sp³-hybridized carbons (Fsp3) is 0.467. The lowest BCUT2D eigenvalue weighted by Gasteiger charge is -2.34. The summed E-state index contributed by atoms with van der Waals surface area (Å²) in [6.07, 6.45) is 0. The van der Waals surface area contributed by atoms with Crippen molar-refractivity contribution >= 4 is 33.4 Å². The number of nitrogens with one attached hydrogen (secondary N) is 1. The van der Waals surface area contributed by atoms with Crippen LogP contribution in [0.4, 0.5) is 5.69 Å². The van der Waals surface area contributed by atoms with Gasteiger partial charge in [0.15, 0.2) is 0 Å². The van der Waals surface area contributed by atoms with Crippen LogP contribution in [0.3, 0.4) is 0 Å². The molecule has 0 radical (unpaired) electrons. The zero-order chi connectivity index (χ0) is 15.5. The summed E-state index contributed by atoms with van der Waals surface area (Å²) in [5, 5.41) is 2.84. The van der Waals surface area contributed by atoms with E-state index in [-0.39, 0.29) is 23.9 Å². The minimum atomic E-state index is -0.377. The molecule has 0 aliphatic carbocycles. The van der Waals surface area contributed by atoms with Gasteiger partial charge in [-0.15, -0.1) is 0 Å². The molecule has 110 valence electrons. The van der Waals surface area contributed by atoms with Crippen molar-refractivity contribution in [3.05, 3.63) is 28.2 Å². The van der Waals surface area contributed by atoms with E-state index in [0.717, 1.165) is 15.7 Å². The summed E-state index contributed by atoms with van der Waals surface area (Å²) >= 11 is 3.38. The average molecular weight is 341 g/mol. The molecule has 0 aromatic heterocycles. The summed E-state index contributed by atoms with van der Waals surface area (Å²) in [7, 11) is 0. The average Bonchev–Trinajstić information content (AvgIpc) is 2.28. The summed E-state index contributed by atoms with van der Waals surface area (Å²) < 4.78 is 0.966. The SMILES string of the molecule is CC(=O)N(CC(=O)Nc1ccc(Br)cc1C)C(C)(C)C.